The molecular weight excluding hydrogens is 493 g/mol. The van der Waals surface area contributed by atoms with Crippen LogP contribution in [-0.2, 0) is 9.53 Å². The van der Waals surface area contributed by atoms with E-state index < -0.39 is 52.6 Å². The second-order valence-corrected chi connectivity index (χ2v) is 10.0. The summed E-state index contributed by atoms with van der Waals surface area (Å²) in [7, 11) is 0. The molecule has 0 aromatic heterocycles. The van der Waals surface area contributed by atoms with Crippen molar-refractivity contribution < 1.29 is 36.3 Å². The van der Waals surface area contributed by atoms with Crippen LogP contribution in [0.2, 0.25) is 0 Å². The number of rotatable bonds is 19. The summed E-state index contributed by atoms with van der Waals surface area (Å²) in [5.41, 5.74) is -1.63. The Morgan fingerprint density at radius 1 is 0.676 bits per heavy atom. The summed E-state index contributed by atoms with van der Waals surface area (Å²) in [6, 6.07) is -1.29. The predicted molar refractivity (Wildman–Crippen MR) is 134 cm³/mol. The number of carbonyl (C=O) groups excluding carboxylic acids is 2. The number of hydrogen-bond acceptors (Lipinski definition) is 3. The maximum Gasteiger partial charge on any atom is 0.328 e. The van der Waals surface area contributed by atoms with Gasteiger partial charge in [-0.15, -0.1) is 0 Å². The number of halogens is 5. The number of unbranched alkanes of at least 4 members (excludes halogenated alkanes) is 12. The summed E-state index contributed by atoms with van der Waals surface area (Å²) in [6.07, 6.45) is 15.2. The molecule has 1 N–H and O–H groups in total. The molecule has 212 valence electrons. The predicted octanol–water partition coefficient (Wildman–Crippen LogP) is 8.16. The third-order valence-electron chi connectivity index (χ3n) is 6.23. The Labute approximate surface area is 217 Å². The molecule has 0 aliphatic heterocycles. The van der Waals surface area contributed by atoms with E-state index in [1.165, 1.54) is 57.8 Å². The van der Waals surface area contributed by atoms with E-state index in [0.29, 0.717) is 6.42 Å². The van der Waals surface area contributed by atoms with Crippen LogP contribution in [0.5, 0.6) is 0 Å². The van der Waals surface area contributed by atoms with Gasteiger partial charge in [0.25, 0.3) is 5.91 Å². The zero-order chi connectivity index (χ0) is 27.8. The molecule has 0 aliphatic rings. The lowest BCUT2D eigenvalue weighted by atomic mass is 10.0. The van der Waals surface area contributed by atoms with Gasteiger partial charge in [-0.1, -0.05) is 97.8 Å². The van der Waals surface area contributed by atoms with Crippen LogP contribution in [-0.4, -0.2) is 24.5 Å². The summed E-state index contributed by atoms with van der Waals surface area (Å²) in [5.74, 6) is -13.8. The number of carbonyl (C=O) groups is 2. The molecule has 1 aromatic carbocycles. The Morgan fingerprint density at radius 2 is 1.08 bits per heavy atom. The Morgan fingerprint density at radius 3 is 1.51 bits per heavy atom. The lowest BCUT2D eigenvalue weighted by Crippen LogP contribution is -2.43. The Bertz CT molecular complexity index is 819. The molecular formula is C28H42F5NO3. The zero-order valence-electron chi connectivity index (χ0n) is 22.4. The monoisotopic (exact) mass is 535 g/mol. The van der Waals surface area contributed by atoms with Gasteiger partial charge in [-0.25, -0.2) is 26.7 Å². The molecule has 0 bridgehead atoms. The number of amides is 1. The van der Waals surface area contributed by atoms with Gasteiger partial charge in [0.1, 0.15) is 11.6 Å². The van der Waals surface area contributed by atoms with Crippen LogP contribution in [0.4, 0.5) is 22.0 Å². The highest BCUT2D eigenvalue weighted by atomic mass is 19.2. The van der Waals surface area contributed by atoms with Gasteiger partial charge < -0.3 is 10.1 Å². The van der Waals surface area contributed by atoms with Crippen LogP contribution in [0.15, 0.2) is 0 Å². The minimum absolute atomic E-state index is 0.0680. The van der Waals surface area contributed by atoms with Crippen LogP contribution in [0.3, 0.4) is 0 Å². The number of benzene rings is 1. The standard InChI is InChI=1S/C28H42F5NO3/c1-4-5-6-7-8-9-10-11-12-13-14-15-16-17-37-28(36)20(18-19(2)3)34-27(35)21-22(29)24(31)26(33)25(32)23(21)30/h19-20H,4-18H2,1-3H3,(H,34,35). The molecule has 9 heteroatoms. The fourth-order valence-corrected chi connectivity index (χ4v) is 4.11. The molecule has 0 radical (unpaired) electrons. The first-order valence-corrected chi connectivity index (χ1v) is 13.6. The highest BCUT2D eigenvalue weighted by molar-refractivity contribution is 5.97. The molecule has 0 aliphatic carbocycles. The van der Waals surface area contributed by atoms with E-state index in [2.05, 4.69) is 12.2 Å². The molecule has 0 spiro atoms. The molecule has 0 fully saturated rings. The highest BCUT2D eigenvalue weighted by Crippen LogP contribution is 2.23. The average Bonchev–Trinajstić information content (AvgIpc) is 2.85. The Hall–Kier alpha value is -2.19. The molecule has 0 heterocycles. The van der Waals surface area contributed by atoms with Crippen molar-refractivity contribution in [1.29, 1.82) is 0 Å². The molecule has 4 nitrogen and oxygen atoms in total. The van der Waals surface area contributed by atoms with Crippen LogP contribution >= 0.6 is 0 Å². The summed E-state index contributed by atoms with van der Waals surface area (Å²) >= 11 is 0. The Balaban J connectivity index is 2.40. The van der Waals surface area contributed by atoms with E-state index in [1.54, 1.807) is 13.8 Å². The van der Waals surface area contributed by atoms with Crippen LogP contribution in [0, 0.1) is 35.0 Å². The lowest BCUT2D eigenvalue weighted by molar-refractivity contribution is -0.146. The third-order valence-corrected chi connectivity index (χ3v) is 6.23. The zero-order valence-corrected chi connectivity index (χ0v) is 22.4. The van der Waals surface area contributed by atoms with Gasteiger partial charge in [-0.3, -0.25) is 4.79 Å². The molecule has 1 rings (SSSR count). The Kier molecular flexibility index (Phi) is 16.1. The SMILES string of the molecule is CCCCCCCCCCCCCCCOC(=O)C(CC(C)C)NC(=O)c1c(F)c(F)c(F)c(F)c1F. The largest absolute Gasteiger partial charge is 0.464 e. The van der Waals surface area contributed by atoms with E-state index in [9.17, 15) is 31.5 Å². The molecule has 1 unspecified atom stereocenters. The topological polar surface area (TPSA) is 55.4 Å². The van der Waals surface area contributed by atoms with E-state index in [0.717, 1.165) is 19.3 Å². The smallest absolute Gasteiger partial charge is 0.328 e. The fraction of sp³-hybridized carbons (Fsp3) is 0.714. The average molecular weight is 536 g/mol. The van der Waals surface area contributed by atoms with Crippen LogP contribution in [0.25, 0.3) is 0 Å². The van der Waals surface area contributed by atoms with Crippen molar-refractivity contribution in [1.82, 2.24) is 5.32 Å². The van der Waals surface area contributed by atoms with E-state index in [4.69, 9.17) is 4.74 Å². The molecule has 1 amide bonds. The summed E-state index contributed by atoms with van der Waals surface area (Å²) in [6.45, 7) is 5.82. The van der Waals surface area contributed by atoms with Gasteiger partial charge in [0, 0.05) is 0 Å². The minimum Gasteiger partial charge on any atom is -0.464 e. The molecule has 0 saturated heterocycles. The van der Waals surface area contributed by atoms with Crippen molar-refractivity contribution in [3.8, 4) is 0 Å². The maximum absolute atomic E-state index is 14.0. The van der Waals surface area contributed by atoms with Crippen molar-refractivity contribution in [3.05, 3.63) is 34.6 Å². The quantitative estimate of drug-likeness (QED) is 0.0639. The summed E-state index contributed by atoms with van der Waals surface area (Å²) in [5, 5.41) is 2.07. The highest BCUT2D eigenvalue weighted by Gasteiger charge is 2.32. The number of nitrogens with one attached hydrogen (secondary N) is 1. The first-order valence-electron chi connectivity index (χ1n) is 13.6. The second-order valence-electron chi connectivity index (χ2n) is 10.0. The van der Waals surface area contributed by atoms with E-state index in [1.807, 2.05) is 0 Å². The molecule has 0 saturated carbocycles. The minimum atomic E-state index is -2.36. The maximum atomic E-state index is 14.0. The van der Waals surface area contributed by atoms with Gasteiger partial charge >= 0.3 is 5.97 Å². The van der Waals surface area contributed by atoms with Crippen molar-refractivity contribution in [2.24, 2.45) is 5.92 Å². The number of ether oxygens (including phenoxy) is 1. The van der Waals surface area contributed by atoms with Gasteiger partial charge in [-0.05, 0) is 18.8 Å². The molecule has 1 atom stereocenters. The number of esters is 1. The summed E-state index contributed by atoms with van der Waals surface area (Å²) < 4.78 is 73.3. The lowest BCUT2D eigenvalue weighted by Gasteiger charge is -2.20. The van der Waals surface area contributed by atoms with Gasteiger partial charge in [0.05, 0.1) is 6.61 Å². The first kappa shape index (κ1) is 32.8. The van der Waals surface area contributed by atoms with Crippen molar-refractivity contribution >= 4 is 11.9 Å². The van der Waals surface area contributed by atoms with Crippen LogP contribution < -0.4 is 5.32 Å². The van der Waals surface area contributed by atoms with E-state index in [-0.39, 0.29) is 18.9 Å². The van der Waals surface area contributed by atoms with Gasteiger partial charge in [0.2, 0.25) is 5.82 Å². The second kappa shape index (κ2) is 18.1. The molecule has 1 aromatic rings. The molecule has 37 heavy (non-hydrogen) atoms. The number of hydrogen-bond donors (Lipinski definition) is 1. The van der Waals surface area contributed by atoms with E-state index >= 15 is 0 Å². The fourth-order valence-electron chi connectivity index (χ4n) is 4.11. The normalized spacial score (nSPS) is 12.1. The van der Waals surface area contributed by atoms with Crippen LogP contribution in [0.1, 0.15) is 121 Å². The van der Waals surface area contributed by atoms with Crippen molar-refractivity contribution in [2.75, 3.05) is 6.61 Å². The van der Waals surface area contributed by atoms with Crippen molar-refractivity contribution in [2.45, 2.75) is 117 Å². The van der Waals surface area contributed by atoms with Gasteiger partial charge in [0.15, 0.2) is 23.3 Å². The third kappa shape index (κ3) is 11.8. The summed E-state index contributed by atoms with van der Waals surface area (Å²) in [4.78, 5) is 24.8. The first-order chi connectivity index (χ1) is 17.6. The van der Waals surface area contributed by atoms with Gasteiger partial charge in [-0.2, -0.15) is 0 Å². The van der Waals surface area contributed by atoms with Crippen molar-refractivity contribution in [3.63, 3.8) is 0 Å².